The normalized spacial score (nSPS) is 21.5. The van der Waals surface area contributed by atoms with Crippen molar-refractivity contribution < 1.29 is 10.2 Å². The van der Waals surface area contributed by atoms with Crippen molar-refractivity contribution >= 4 is 0 Å². The molecule has 1 aliphatic rings. The maximum Gasteiger partial charge on any atom is 0.157 e. The first kappa shape index (κ1) is 10.3. The molecule has 0 radical (unpaired) electrons. The van der Waals surface area contributed by atoms with E-state index in [0.717, 1.165) is 30.6 Å². The van der Waals surface area contributed by atoms with Crippen LogP contribution in [0.5, 0.6) is 11.5 Å². The minimum atomic E-state index is -0.0278. The van der Waals surface area contributed by atoms with E-state index in [9.17, 15) is 10.2 Å². The van der Waals surface area contributed by atoms with Gasteiger partial charge in [-0.05, 0) is 55.5 Å². The molecule has 1 heterocycles. The van der Waals surface area contributed by atoms with Crippen LogP contribution in [0, 0.1) is 6.92 Å². The monoisotopic (exact) mass is 207 g/mol. The molecule has 0 amide bonds. The van der Waals surface area contributed by atoms with Gasteiger partial charge in [0.2, 0.25) is 0 Å². The first-order valence-electron chi connectivity index (χ1n) is 5.41. The van der Waals surface area contributed by atoms with Gasteiger partial charge in [-0.25, -0.2) is 0 Å². The summed E-state index contributed by atoms with van der Waals surface area (Å²) in [5.41, 5.74) is 2.21. The Hall–Kier alpha value is -1.22. The predicted octanol–water partition coefficient (Wildman–Crippen LogP) is 1.87. The van der Waals surface area contributed by atoms with E-state index in [-0.39, 0.29) is 11.5 Å². The zero-order valence-corrected chi connectivity index (χ0v) is 8.95. The van der Waals surface area contributed by atoms with Crippen LogP contribution in [-0.4, -0.2) is 23.3 Å². The molecule has 1 fully saturated rings. The van der Waals surface area contributed by atoms with Gasteiger partial charge in [0.25, 0.3) is 0 Å². The molecule has 1 aromatic rings. The van der Waals surface area contributed by atoms with E-state index in [1.165, 1.54) is 6.42 Å². The summed E-state index contributed by atoms with van der Waals surface area (Å²) in [5, 5.41) is 22.2. The molecular weight excluding hydrogens is 190 g/mol. The second kappa shape index (κ2) is 4.11. The molecule has 3 nitrogen and oxygen atoms in total. The molecule has 15 heavy (non-hydrogen) atoms. The van der Waals surface area contributed by atoms with E-state index < -0.39 is 0 Å². The summed E-state index contributed by atoms with van der Waals surface area (Å²) in [4.78, 5) is 0. The highest BCUT2D eigenvalue weighted by Gasteiger charge is 2.18. The maximum atomic E-state index is 9.48. The van der Waals surface area contributed by atoms with Crippen LogP contribution in [0.4, 0.5) is 0 Å². The van der Waals surface area contributed by atoms with Crippen molar-refractivity contribution in [3.63, 3.8) is 0 Å². The number of aromatic hydroxyl groups is 2. The molecule has 0 saturated carbocycles. The summed E-state index contributed by atoms with van der Waals surface area (Å²) in [6.07, 6.45) is 2.32. The van der Waals surface area contributed by atoms with E-state index in [1.807, 2.05) is 6.92 Å². The Morgan fingerprint density at radius 3 is 2.67 bits per heavy atom. The van der Waals surface area contributed by atoms with E-state index in [1.54, 1.807) is 12.1 Å². The SMILES string of the molecule is Cc1cc(O)c(O)cc1C1CCCNC1. The molecule has 0 spiro atoms. The minimum Gasteiger partial charge on any atom is -0.504 e. The number of hydrogen-bond donors (Lipinski definition) is 3. The summed E-state index contributed by atoms with van der Waals surface area (Å²) in [6, 6.07) is 3.33. The van der Waals surface area contributed by atoms with Crippen molar-refractivity contribution in [2.45, 2.75) is 25.7 Å². The smallest absolute Gasteiger partial charge is 0.157 e. The lowest BCUT2D eigenvalue weighted by molar-refractivity contribution is 0.399. The van der Waals surface area contributed by atoms with E-state index in [0.29, 0.717) is 5.92 Å². The molecule has 1 saturated heterocycles. The van der Waals surface area contributed by atoms with Crippen molar-refractivity contribution in [1.29, 1.82) is 0 Å². The lowest BCUT2D eigenvalue weighted by Crippen LogP contribution is -2.28. The summed E-state index contributed by atoms with van der Waals surface area (Å²) >= 11 is 0. The average molecular weight is 207 g/mol. The van der Waals surface area contributed by atoms with Gasteiger partial charge >= 0.3 is 0 Å². The Labute approximate surface area is 89.8 Å². The van der Waals surface area contributed by atoms with Crippen LogP contribution >= 0.6 is 0 Å². The zero-order chi connectivity index (χ0) is 10.8. The molecule has 1 atom stereocenters. The van der Waals surface area contributed by atoms with Crippen molar-refractivity contribution in [2.24, 2.45) is 0 Å². The summed E-state index contributed by atoms with van der Waals surface area (Å²) in [6.45, 7) is 4.02. The topological polar surface area (TPSA) is 52.5 Å². The quantitative estimate of drug-likeness (QED) is 0.616. The van der Waals surface area contributed by atoms with Gasteiger partial charge in [-0.3, -0.25) is 0 Å². The fourth-order valence-corrected chi connectivity index (χ4v) is 2.25. The third-order valence-corrected chi connectivity index (χ3v) is 3.10. The van der Waals surface area contributed by atoms with Gasteiger partial charge in [0.15, 0.2) is 11.5 Å². The molecule has 0 aliphatic carbocycles. The minimum absolute atomic E-state index is 0.0128. The molecule has 0 bridgehead atoms. The Balaban J connectivity index is 2.30. The predicted molar refractivity (Wildman–Crippen MR) is 59.4 cm³/mol. The molecular formula is C12H17NO2. The molecule has 3 heteroatoms. The third kappa shape index (κ3) is 2.07. The lowest BCUT2D eigenvalue weighted by Gasteiger charge is -2.24. The fraction of sp³-hybridized carbons (Fsp3) is 0.500. The molecule has 3 N–H and O–H groups in total. The number of hydrogen-bond acceptors (Lipinski definition) is 3. The van der Waals surface area contributed by atoms with Crippen molar-refractivity contribution in [3.05, 3.63) is 23.3 Å². The van der Waals surface area contributed by atoms with Gasteiger partial charge in [0.1, 0.15) is 0 Å². The Morgan fingerprint density at radius 1 is 1.27 bits per heavy atom. The second-order valence-corrected chi connectivity index (χ2v) is 4.24. The third-order valence-electron chi connectivity index (χ3n) is 3.10. The second-order valence-electron chi connectivity index (χ2n) is 4.24. The average Bonchev–Trinajstić information content (AvgIpc) is 2.25. The number of aryl methyl sites for hydroxylation is 1. The van der Waals surface area contributed by atoms with Gasteiger partial charge < -0.3 is 15.5 Å². The Kier molecular flexibility index (Phi) is 2.82. The van der Waals surface area contributed by atoms with Crippen molar-refractivity contribution in [2.75, 3.05) is 13.1 Å². The molecule has 82 valence electrons. The van der Waals surface area contributed by atoms with Crippen molar-refractivity contribution in [3.8, 4) is 11.5 Å². The summed E-state index contributed by atoms with van der Waals surface area (Å²) in [7, 11) is 0. The lowest BCUT2D eigenvalue weighted by atomic mass is 9.88. The number of piperidine rings is 1. The molecule has 1 unspecified atom stereocenters. The summed E-state index contributed by atoms with van der Waals surface area (Å²) in [5.74, 6) is 0.423. The van der Waals surface area contributed by atoms with Gasteiger partial charge in [-0.15, -0.1) is 0 Å². The maximum absolute atomic E-state index is 9.48. The van der Waals surface area contributed by atoms with Crippen LogP contribution < -0.4 is 5.32 Å². The molecule has 0 aromatic heterocycles. The number of benzene rings is 1. The van der Waals surface area contributed by atoms with Crippen LogP contribution in [0.3, 0.4) is 0 Å². The van der Waals surface area contributed by atoms with Crippen LogP contribution in [0.15, 0.2) is 12.1 Å². The largest absolute Gasteiger partial charge is 0.504 e. The number of phenols is 2. The number of nitrogens with one attached hydrogen (secondary N) is 1. The van der Waals surface area contributed by atoms with Crippen LogP contribution in [0.2, 0.25) is 0 Å². The van der Waals surface area contributed by atoms with Crippen molar-refractivity contribution in [1.82, 2.24) is 5.32 Å². The fourth-order valence-electron chi connectivity index (χ4n) is 2.25. The summed E-state index contributed by atoms with van der Waals surface area (Å²) < 4.78 is 0. The van der Waals surface area contributed by atoms with Gasteiger partial charge in [0, 0.05) is 6.54 Å². The molecule has 2 rings (SSSR count). The highest BCUT2D eigenvalue weighted by Crippen LogP contribution is 2.34. The van der Waals surface area contributed by atoms with Crippen LogP contribution in [0.25, 0.3) is 0 Å². The van der Waals surface area contributed by atoms with E-state index in [4.69, 9.17) is 0 Å². The van der Waals surface area contributed by atoms with E-state index in [2.05, 4.69) is 5.32 Å². The van der Waals surface area contributed by atoms with Gasteiger partial charge in [0.05, 0.1) is 0 Å². The number of phenolic OH excluding ortho intramolecular Hbond substituents is 2. The van der Waals surface area contributed by atoms with E-state index >= 15 is 0 Å². The van der Waals surface area contributed by atoms with Gasteiger partial charge in [-0.1, -0.05) is 0 Å². The Bertz CT molecular complexity index is 357. The number of rotatable bonds is 1. The van der Waals surface area contributed by atoms with Gasteiger partial charge in [-0.2, -0.15) is 0 Å². The molecule has 1 aromatic carbocycles. The highest BCUT2D eigenvalue weighted by atomic mass is 16.3. The molecule has 1 aliphatic heterocycles. The first-order valence-corrected chi connectivity index (χ1v) is 5.41. The zero-order valence-electron chi connectivity index (χ0n) is 8.95. The van der Waals surface area contributed by atoms with Crippen LogP contribution in [0.1, 0.15) is 29.9 Å². The van der Waals surface area contributed by atoms with Crippen LogP contribution in [-0.2, 0) is 0 Å². The highest BCUT2D eigenvalue weighted by molar-refractivity contribution is 5.46. The first-order chi connectivity index (χ1) is 7.18. The standard InChI is InChI=1S/C12H17NO2/c1-8-5-11(14)12(15)6-10(8)9-3-2-4-13-7-9/h5-6,9,13-15H,2-4,7H2,1H3. The Morgan fingerprint density at radius 2 is 2.00 bits per heavy atom.